The Morgan fingerprint density at radius 2 is 2.30 bits per heavy atom. The summed E-state index contributed by atoms with van der Waals surface area (Å²) < 4.78 is 5.70. The van der Waals surface area contributed by atoms with Crippen LogP contribution in [-0.4, -0.2) is 54.2 Å². The third kappa shape index (κ3) is 4.64. The van der Waals surface area contributed by atoms with Crippen LogP contribution in [0.1, 0.15) is 13.3 Å². The highest BCUT2D eigenvalue weighted by Gasteiger charge is 2.26. The van der Waals surface area contributed by atoms with Gasteiger partial charge < -0.3 is 9.84 Å². The lowest BCUT2D eigenvalue weighted by Crippen LogP contribution is -2.48. The van der Waals surface area contributed by atoms with Crippen LogP contribution in [0.3, 0.4) is 0 Å². The molecule has 1 aliphatic heterocycles. The molecule has 2 unspecified atom stereocenters. The summed E-state index contributed by atoms with van der Waals surface area (Å²) in [6, 6.07) is 7.72. The predicted octanol–water partition coefficient (Wildman–Crippen LogP) is 2.90. The van der Waals surface area contributed by atoms with E-state index in [-0.39, 0.29) is 6.10 Å². The van der Waals surface area contributed by atoms with Crippen molar-refractivity contribution in [2.24, 2.45) is 0 Å². The minimum atomic E-state index is -0.462. The molecule has 1 saturated heterocycles. The van der Waals surface area contributed by atoms with Crippen molar-refractivity contribution in [3.63, 3.8) is 0 Å². The zero-order chi connectivity index (χ0) is 14.4. The number of rotatable bonds is 6. The van der Waals surface area contributed by atoms with Gasteiger partial charge in [-0.05, 0) is 25.1 Å². The van der Waals surface area contributed by atoms with Crippen molar-refractivity contribution in [3.8, 4) is 0 Å². The van der Waals surface area contributed by atoms with Crippen molar-refractivity contribution in [3.05, 3.63) is 29.3 Å². The van der Waals surface area contributed by atoms with Crippen LogP contribution in [0.25, 0.3) is 0 Å². The van der Waals surface area contributed by atoms with E-state index in [9.17, 15) is 5.11 Å². The topological polar surface area (TPSA) is 32.7 Å². The molecule has 5 heteroatoms. The standard InChI is InChI=1S/C15H22ClNO2S/c1-2-7-17-8-9-19-14(10-17)13(18)11-20-15-6-4-3-5-12(15)16/h3-6,13-14,18H,2,7-11H2,1H3. The number of hydrogen-bond acceptors (Lipinski definition) is 4. The van der Waals surface area contributed by atoms with Crippen molar-refractivity contribution >= 4 is 23.4 Å². The smallest absolute Gasteiger partial charge is 0.0969 e. The second-order valence-corrected chi connectivity index (χ2v) is 6.49. The van der Waals surface area contributed by atoms with E-state index in [2.05, 4.69) is 11.8 Å². The fourth-order valence-electron chi connectivity index (χ4n) is 2.33. The minimum absolute atomic E-state index is 0.0923. The number of ether oxygens (including phenoxy) is 1. The van der Waals surface area contributed by atoms with Gasteiger partial charge >= 0.3 is 0 Å². The number of benzene rings is 1. The van der Waals surface area contributed by atoms with E-state index in [4.69, 9.17) is 16.3 Å². The van der Waals surface area contributed by atoms with E-state index in [1.807, 2.05) is 24.3 Å². The fourth-order valence-corrected chi connectivity index (χ4v) is 3.57. The second kappa shape index (κ2) is 8.25. The summed E-state index contributed by atoms with van der Waals surface area (Å²) in [5.41, 5.74) is 0. The molecule has 0 amide bonds. The van der Waals surface area contributed by atoms with Gasteiger partial charge in [-0.3, -0.25) is 4.90 Å². The highest BCUT2D eigenvalue weighted by Crippen LogP contribution is 2.28. The van der Waals surface area contributed by atoms with E-state index in [0.29, 0.717) is 12.4 Å². The lowest BCUT2D eigenvalue weighted by Gasteiger charge is -2.35. The Morgan fingerprint density at radius 3 is 3.05 bits per heavy atom. The maximum absolute atomic E-state index is 10.3. The number of morpholine rings is 1. The van der Waals surface area contributed by atoms with Crippen LogP contribution >= 0.6 is 23.4 Å². The normalized spacial score (nSPS) is 21.9. The van der Waals surface area contributed by atoms with Crippen molar-refractivity contribution in [2.75, 3.05) is 32.0 Å². The number of nitrogens with zero attached hydrogens (tertiary/aromatic N) is 1. The average molecular weight is 316 g/mol. The lowest BCUT2D eigenvalue weighted by atomic mass is 10.2. The third-order valence-corrected chi connectivity index (χ3v) is 5.01. The Balaban J connectivity index is 1.82. The summed E-state index contributed by atoms with van der Waals surface area (Å²) >= 11 is 7.70. The number of hydrogen-bond donors (Lipinski definition) is 1. The SMILES string of the molecule is CCCN1CCOC(C(O)CSc2ccccc2Cl)C1. The Labute approximate surface area is 130 Å². The van der Waals surface area contributed by atoms with E-state index in [1.165, 1.54) is 0 Å². The highest BCUT2D eigenvalue weighted by molar-refractivity contribution is 7.99. The van der Waals surface area contributed by atoms with Gasteiger partial charge in [-0.2, -0.15) is 0 Å². The molecular weight excluding hydrogens is 294 g/mol. The van der Waals surface area contributed by atoms with E-state index in [0.717, 1.165) is 36.0 Å². The number of aliphatic hydroxyl groups is 1. The molecule has 1 aromatic carbocycles. The average Bonchev–Trinajstić information content (AvgIpc) is 2.47. The van der Waals surface area contributed by atoms with Gasteiger partial charge in [0, 0.05) is 23.7 Å². The van der Waals surface area contributed by atoms with E-state index >= 15 is 0 Å². The first kappa shape index (κ1) is 16.1. The first-order valence-electron chi connectivity index (χ1n) is 7.10. The van der Waals surface area contributed by atoms with Gasteiger partial charge in [0.15, 0.2) is 0 Å². The zero-order valence-corrected chi connectivity index (χ0v) is 13.4. The van der Waals surface area contributed by atoms with Gasteiger partial charge in [-0.25, -0.2) is 0 Å². The first-order chi connectivity index (χ1) is 9.70. The van der Waals surface area contributed by atoms with Gasteiger partial charge in [0.05, 0.1) is 23.8 Å². The summed E-state index contributed by atoms with van der Waals surface area (Å²) in [4.78, 5) is 3.37. The van der Waals surface area contributed by atoms with E-state index in [1.54, 1.807) is 11.8 Å². The lowest BCUT2D eigenvalue weighted by molar-refractivity contribution is -0.0809. The van der Waals surface area contributed by atoms with Crippen LogP contribution in [0.4, 0.5) is 0 Å². The number of halogens is 1. The molecule has 2 rings (SSSR count). The van der Waals surface area contributed by atoms with Crippen molar-refractivity contribution < 1.29 is 9.84 Å². The molecule has 3 nitrogen and oxygen atoms in total. The Morgan fingerprint density at radius 1 is 1.50 bits per heavy atom. The Bertz CT molecular complexity index is 417. The quantitative estimate of drug-likeness (QED) is 0.818. The number of aliphatic hydroxyl groups excluding tert-OH is 1. The van der Waals surface area contributed by atoms with E-state index < -0.39 is 6.10 Å². The molecule has 0 aromatic heterocycles. The van der Waals surface area contributed by atoms with Crippen LogP contribution in [-0.2, 0) is 4.74 Å². The first-order valence-corrected chi connectivity index (χ1v) is 8.46. The molecule has 1 aliphatic rings. The van der Waals surface area contributed by atoms with Crippen LogP contribution in [0, 0.1) is 0 Å². The third-order valence-electron chi connectivity index (χ3n) is 3.39. The molecule has 2 atom stereocenters. The molecule has 0 radical (unpaired) electrons. The minimum Gasteiger partial charge on any atom is -0.389 e. The monoisotopic (exact) mass is 315 g/mol. The summed E-state index contributed by atoms with van der Waals surface area (Å²) in [6.07, 6.45) is 0.582. The Kier molecular flexibility index (Phi) is 6.65. The summed E-state index contributed by atoms with van der Waals surface area (Å²) in [6.45, 7) is 5.74. The van der Waals surface area contributed by atoms with Crippen molar-refractivity contribution in [1.82, 2.24) is 4.90 Å². The molecule has 112 valence electrons. The van der Waals surface area contributed by atoms with Gasteiger partial charge in [-0.1, -0.05) is 30.7 Å². The van der Waals surface area contributed by atoms with Gasteiger partial charge in [-0.15, -0.1) is 11.8 Å². The highest BCUT2D eigenvalue weighted by atomic mass is 35.5. The molecule has 1 N–H and O–H groups in total. The summed E-state index contributed by atoms with van der Waals surface area (Å²) in [5.74, 6) is 0.606. The van der Waals surface area contributed by atoms with Crippen LogP contribution < -0.4 is 0 Å². The zero-order valence-electron chi connectivity index (χ0n) is 11.8. The summed E-state index contributed by atoms with van der Waals surface area (Å²) in [5, 5.41) is 11.0. The Hall–Kier alpha value is -0.260. The van der Waals surface area contributed by atoms with Crippen molar-refractivity contribution in [1.29, 1.82) is 0 Å². The second-order valence-electron chi connectivity index (χ2n) is 5.02. The molecule has 1 aromatic rings. The van der Waals surface area contributed by atoms with Crippen molar-refractivity contribution in [2.45, 2.75) is 30.4 Å². The van der Waals surface area contributed by atoms with Crippen LogP contribution in [0.15, 0.2) is 29.2 Å². The predicted molar refractivity (Wildman–Crippen MR) is 84.7 cm³/mol. The van der Waals surface area contributed by atoms with Crippen LogP contribution in [0.5, 0.6) is 0 Å². The van der Waals surface area contributed by atoms with Crippen LogP contribution in [0.2, 0.25) is 5.02 Å². The molecular formula is C15H22ClNO2S. The molecule has 20 heavy (non-hydrogen) atoms. The molecule has 0 saturated carbocycles. The largest absolute Gasteiger partial charge is 0.389 e. The molecule has 1 heterocycles. The summed E-state index contributed by atoms with van der Waals surface area (Å²) in [7, 11) is 0. The molecule has 0 spiro atoms. The maximum atomic E-state index is 10.3. The van der Waals surface area contributed by atoms with Gasteiger partial charge in [0.1, 0.15) is 0 Å². The maximum Gasteiger partial charge on any atom is 0.0969 e. The van der Waals surface area contributed by atoms with Gasteiger partial charge in [0.25, 0.3) is 0 Å². The number of thioether (sulfide) groups is 1. The van der Waals surface area contributed by atoms with Gasteiger partial charge in [0.2, 0.25) is 0 Å². The molecule has 0 bridgehead atoms. The fraction of sp³-hybridized carbons (Fsp3) is 0.600. The molecule has 1 fully saturated rings. The molecule has 0 aliphatic carbocycles.